The van der Waals surface area contributed by atoms with Crippen LogP contribution in [0.15, 0.2) is 58.1 Å². The molecule has 0 aliphatic carbocycles. The van der Waals surface area contributed by atoms with E-state index >= 15 is 0 Å². The molecule has 0 spiro atoms. The number of hydrogen-bond acceptors (Lipinski definition) is 6. The minimum atomic E-state index is -0.479. The number of nitrogens with zero attached hydrogens (tertiary/aromatic N) is 4. The number of para-hydroxylation sites is 1. The van der Waals surface area contributed by atoms with Crippen LogP contribution in [0.25, 0.3) is 16.7 Å². The third-order valence-corrected chi connectivity index (χ3v) is 4.26. The first-order chi connectivity index (χ1) is 13.1. The van der Waals surface area contributed by atoms with Crippen molar-refractivity contribution in [2.45, 2.75) is 13.5 Å². The van der Waals surface area contributed by atoms with Crippen LogP contribution in [0.5, 0.6) is 0 Å². The molecule has 0 aliphatic heterocycles. The highest BCUT2D eigenvalue weighted by atomic mass is 16.5. The average molecular weight is 364 g/mol. The number of carbonyl (C=O) groups excluding carboxylic acids is 1. The molecule has 8 heteroatoms. The van der Waals surface area contributed by atoms with Crippen molar-refractivity contribution in [3.8, 4) is 5.69 Å². The number of hydrogen-bond donors (Lipinski definition) is 0. The van der Waals surface area contributed by atoms with Crippen LogP contribution in [0.3, 0.4) is 0 Å². The second kappa shape index (κ2) is 6.56. The van der Waals surface area contributed by atoms with E-state index in [0.717, 1.165) is 5.69 Å². The van der Waals surface area contributed by atoms with Crippen LogP contribution in [0.1, 0.15) is 21.9 Å². The SMILES string of the molecule is COC(=O)c1cc(Cn2cnc3c(cnn3-c3ccccc3)c2=O)oc1C. The lowest BCUT2D eigenvalue weighted by Crippen LogP contribution is -2.20. The van der Waals surface area contributed by atoms with Crippen molar-refractivity contribution in [2.24, 2.45) is 0 Å². The predicted molar refractivity (Wildman–Crippen MR) is 97.0 cm³/mol. The number of aromatic nitrogens is 4. The Labute approximate surface area is 153 Å². The van der Waals surface area contributed by atoms with Crippen molar-refractivity contribution < 1.29 is 13.9 Å². The van der Waals surface area contributed by atoms with E-state index in [-0.39, 0.29) is 12.1 Å². The number of methoxy groups -OCH3 is 1. The van der Waals surface area contributed by atoms with Gasteiger partial charge in [-0.1, -0.05) is 18.2 Å². The molecule has 0 saturated heterocycles. The van der Waals surface area contributed by atoms with Gasteiger partial charge < -0.3 is 9.15 Å². The number of fused-ring (bicyclic) bond motifs is 1. The van der Waals surface area contributed by atoms with Gasteiger partial charge in [0.2, 0.25) is 0 Å². The van der Waals surface area contributed by atoms with Crippen LogP contribution in [-0.4, -0.2) is 32.4 Å². The zero-order valence-corrected chi connectivity index (χ0v) is 14.7. The third-order valence-electron chi connectivity index (χ3n) is 4.26. The predicted octanol–water partition coefficient (Wildman–Crippen LogP) is 2.32. The molecule has 0 N–H and O–H groups in total. The van der Waals surface area contributed by atoms with Gasteiger partial charge in [0.15, 0.2) is 5.65 Å². The van der Waals surface area contributed by atoms with Gasteiger partial charge >= 0.3 is 5.97 Å². The number of carbonyl (C=O) groups is 1. The van der Waals surface area contributed by atoms with E-state index in [2.05, 4.69) is 10.1 Å². The molecule has 0 bridgehead atoms. The summed E-state index contributed by atoms with van der Waals surface area (Å²) >= 11 is 0. The number of esters is 1. The standard InChI is InChI=1S/C19H16N4O4/c1-12-15(19(25)26-2)8-14(27-12)10-22-11-20-17-16(18(22)24)9-21-23(17)13-6-4-3-5-7-13/h3-9,11H,10H2,1-2H3. The molecule has 0 atom stereocenters. The van der Waals surface area contributed by atoms with Gasteiger partial charge in [0.25, 0.3) is 5.56 Å². The van der Waals surface area contributed by atoms with Gasteiger partial charge in [-0.2, -0.15) is 5.10 Å². The van der Waals surface area contributed by atoms with Gasteiger partial charge in [0, 0.05) is 0 Å². The molecule has 0 aliphatic rings. The molecule has 8 nitrogen and oxygen atoms in total. The Morgan fingerprint density at radius 2 is 2.04 bits per heavy atom. The van der Waals surface area contributed by atoms with E-state index in [1.165, 1.54) is 24.2 Å². The molecule has 1 aromatic carbocycles. The van der Waals surface area contributed by atoms with Gasteiger partial charge in [-0.25, -0.2) is 14.5 Å². The maximum atomic E-state index is 12.8. The van der Waals surface area contributed by atoms with Crippen molar-refractivity contribution in [1.29, 1.82) is 0 Å². The van der Waals surface area contributed by atoms with E-state index in [0.29, 0.717) is 28.1 Å². The van der Waals surface area contributed by atoms with Crippen LogP contribution in [0, 0.1) is 6.92 Å². The van der Waals surface area contributed by atoms with Crippen molar-refractivity contribution in [3.05, 3.63) is 76.4 Å². The molecule has 27 heavy (non-hydrogen) atoms. The maximum Gasteiger partial charge on any atom is 0.341 e. The Kier molecular flexibility index (Phi) is 4.08. The van der Waals surface area contributed by atoms with Crippen molar-refractivity contribution in [2.75, 3.05) is 7.11 Å². The van der Waals surface area contributed by atoms with Crippen molar-refractivity contribution >= 4 is 17.0 Å². The summed E-state index contributed by atoms with van der Waals surface area (Å²) in [5.41, 5.74) is 1.40. The van der Waals surface area contributed by atoms with Gasteiger partial charge in [0.05, 0.1) is 25.5 Å². The normalized spacial score (nSPS) is 11.0. The first kappa shape index (κ1) is 16.8. The molecular weight excluding hydrogens is 348 g/mol. The minimum absolute atomic E-state index is 0.149. The number of ether oxygens (including phenoxy) is 1. The fourth-order valence-electron chi connectivity index (χ4n) is 2.92. The lowest BCUT2D eigenvalue weighted by Gasteiger charge is -2.05. The van der Waals surface area contributed by atoms with Crippen LogP contribution in [0.2, 0.25) is 0 Å². The lowest BCUT2D eigenvalue weighted by atomic mass is 10.2. The summed E-state index contributed by atoms with van der Waals surface area (Å²) in [5.74, 6) is 0.426. The summed E-state index contributed by atoms with van der Waals surface area (Å²) in [5, 5.41) is 4.68. The summed E-state index contributed by atoms with van der Waals surface area (Å²) in [6.07, 6.45) is 2.95. The van der Waals surface area contributed by atoms with E-state index in [4.69, 9.17) is 9.15 Å². The van der Waals surface area contributed by atoms with Gasteiger partial charge in [-0.15, -0.1) is 0 Å². The summed E-state index contributed by atoms with van der Waals surface area (Å²) < 4.78 is 13.3. The number of benzene rings is 1. The Morgan fingerprint density at radius 3 is 2.78 bits per heavy atom. The van der Waals surface area contributed by atoms with Crippen LogP contribution in [-0.2, 0) is 11.3 Å². The van der Waals surface area contributed by atoms with Crippen molar-refractivity contribution in [3.63, 3.8) is 0 Å². The Hall–Kier alpha value is -3.68. The molecule has 4 rings (SSSR count). The van der Waals surface area contributed by atoms with E-state index in [1.54, 1.807) is 17.7 Å². The summed E-state index contributed by atoms with van der Waals surface area (Å²) in [6.45, 7) is 1.82. The number of rotatable bonds is 4. The van der Waals surface area contributed by atoms with Gasteiger partial charge in [0.1, 0.15) is 28.8 Å². The Balaban J connectivity index is 1.71. The fourth-order valence-corrected chi connectivity index (χ4v) is 2.92. The fraction of sp³-hybridized carbons (Fsp3) is 0.158. The molecule has 0 fully saturated rings. The average Bonchev–Trinajstić information content (AvgIpc) is 3.28. The molecule has 4 aromatic rings. The Bertz CT molecular complexity index is 1190. The number of furan rings is 1. The highest BCUT2D eigenvalue weighted by molar-refractivity contribution is 5.90. The van der Waals surface area contributed by atoms with Gasteiger partial charge in [-0.05, 0) is 25.1 Å². The lowest BCUT2D eigenvalue weighted by molar-refractivity contribution is 0.0599. The van der Waals surface area contributed by atoms with E-state index in [9.17, 15) is 9.59 Å². The summed E-state index contributed by atoms with van der Waals surface area (Å²) in [6, 6.07) is 11.0. The molecule has 0 saturated carbocycles. The molecular formula is C19H16N4O4. The quantitative estimate of drug-likeness (QED) is 0.516. The maximum absolute atomic E-state index is 12.8. The van der Waals surface area contributed by atoms with Crippen LogP contribution >= 0.6 is 0 Å². The molecule has 0 radical (unpaired) electrons. The van der Waals surface area contributed by atoms with E-state index < -0.39 is 5.97 Å². The number of aryl methyl sites for hydroxylation is 1. The first-order valence-electron chi connectivity index (χ1n) is 8.24. The second-order valence-electron chi connectivity index (χ2n) is 5.98. The first-order valence-corrected chi connectivity index (χ1v) is 8.24. The molecule has 3 aromatic heterocycles. The topological polar surface area (TPSA) is 92.2 Å². The monoisotopic (exact) mass is 364 g/mol. The van der Waals surface area contributed by atoms with Crippen LogP contribution < -0.4 is 5.56 Å². The van der Waals surface area contributed by atoms with Crippen LogP contribution in [0.4, 0.5) is 0 Å². The molecule has 136 valence electrons. The summed E-state index contributed by atoms with van der Waals surface area (Å²) in [7, 11) is 1.31. The Morgan fingerprint density at radius 1 is 1.26 bits per heavy atom. The summed E-state index contributed by atoms with van der Waals surface area (Å²) in [4.78, 5) is 28.9. The van der Waals surface area contributed by atoms with Gasteiger partial charge in [-0.3, -0.25) is 9.36 Å². The third kappa shape index (κ3) is 2.91. The molecule has 3 heterocycles. The smallest absolute Gasteiger partial charge is 0.341 e. The second-order valence-corrected chi connectivity index (χ2v) is 5.98. The zero-order valence-electron chi connectivity index (χ0n) is 14.7. The zero-order chi connectivity index (χ0) is 19.0. The minimum Gasteiger partial charge on any atom is -0.465 e. The largest absolute Gasteiger partial charge is 0.465 e. The molecule has 0 amide bonds. The highest BCUT2D eigenvalue weighted by Crippen LogP contribution is 2.17. The highest BCUT2D eigenvalue weighted by Gasteiger charge is 2.17. The molecule has 0 unspecified atom stereocenters. The van der Waals surface area contributed by atoms with E-state index in [1.807, 2.05) is 30.3 Å². The van der Waals surface area contributed by atoms with Crippen molar-refractivity contribution in [1.82, 2.24) is 19.3 Å².